The predicted octanol–water partition coefficient (Wildman–Crippen LogP) is 2.75. The molecular formula is C17H13N3O5. The number of benzene rings is 2. The van der Waals surface area contributed by atoms with Crippen LogP contribution in [0.4, 0.5) is 5.69 Å². The van der Waals surface area contributed by atoms with Crippen LogP contribution in [-0.2, 0) is 4.74 Å². The quantitative estimate of drug-likeness (QED) is 0.444. The van der Waals surface area contributed by atoms with Gasteiger partial charge in [-0.15, -0.1) is 0 Å². The van der Waals surface area contributed by atoms with Gasteiger partial charge < -0.3 is 9.72 Å². The number of hydrogen-bond donors (Lipinski definition) is 1. The fraction of sp³-hybridized carbons (Fsp3) is 0.118. The number of hydrogen-bond acceptors (Lipinski definition) is 6. The number of carbonyl (C=O) groups is 1. The first kappa shape index (κ1) is 16.3. The number of nitrogens with one attached hydrogen (secondary N) is 1. The maximum Gasteiger partial charge on any atom is 0.339 e. The van der Waals surface area contributed by atoms with Crippen molar-refractivity contribution < 1.29 is 14.5 Å². The van der Waals surface area contributed by atoms with Crippen LogP contribution in [0.25, 0.3) is 10.9 Å². The van der Waals surface area contributed by atoms with E-state index in [1.165, 1.54) is 18.2 Å². The lowest BCUT2D eigenvalue weighted by atomic mass is 10.2. The molecule has 0 radical (unpaired) electrons. The largest absolute Gasteiger partial charge is 0.451 e. The number of aromatic amines is 1. The van der Waals surface area contributed by atoms with E-state index in [1.54, 1.807) is 31.2 Å². The molecule has 2 aromatic carbocycles. The highest BCUT2D eigenvalue weighted by Gasteiger charge is 2.18. The van der Waals surface area contributed by atoms with Crippen molar-refractivity contribution in [3.63, 3.8) is 0 Å². The van der Waals surface area contributed by atoms with Gasteiger partial charge in [0.2, 0.25) is 0 Å². The molecule has 3 aromatic rings. The van der Waals surface area contributed by atoms with Crippen molar-refractivity contribution >= 4 is 22.6 Å². The fourth-order valence-corrected chi connectivity index (χ4v) is 2.33. The Bertz CT molecular complexity index is 1030. The monoisotopic (exact) mass is 339 g/mol. The minimum atomic E-state index is -0.830. The number of H-pyrrole nitrogens is 1. The zero-order chi connectivity index (χ0) is 18.0. The highest BCUT2D eigenvalue weighted by molar-refractivity contribution is 5.90. The van der Waals surface area contributed by atoms with E-state index in [4.69, 9.17) is 4.74 Å². The molecule has 0 unspecified atom stereocenters. The van der Waals surface area contributed by atoms with Crippen LogP contribution in [0.15, 0.2) is 53.3 Å². The van der Waals surface area contributed by atoms with Crippen LogP contribution in [0.2, 0.25) is 0 Å². The number of aromatic nitrogens is 2. The van der Waals surface area contributed by atoms with Gasteiger partial charge in [0.05, 0.1) is 21.4 Å². The van der Waals surface area contributed by atoms with E-state index in [-0.39, 0.29) is 22.6 Å². The molecule has 0 aliphatic rings. The van der Waals surface area contributed by atoms with Gasteiger partial charge in [0.1, 0.15) is 0 Å². The lowest BCUT2D eigenvalue weighted by Gasteiger charge is -2.13. The first-order valence-electron chi connectivity index (χ1n) is 7.40. The number of non-ortho nitro benzene ring substituents is 1. The molecule has 0 amide bonds. The molecule has 0 saturated carbocycles. The van der Waals surface area contributed by atoms with Crippen LogP contribution in [0, 0.1) is 10.1 Å². The SMILES string of the molecule is C[C@@H](OC(=O)c1cccc([N+](=O)[O-])c1)c1nc2ccccc2c(=O)[nH]1. The minimum Gasteiger partial charge on any atom is -0.451 e. The molecular weight excluding hydrogens is 326 g/mol. The third-order valence-corrected chi connectivity index (χ3v) is 3.59. The topological polar surface area (TPSA) is 115 Å². The average molecular weight is 339 g/mol. The van der Waals surface area contributed by atoms with Gasteiger partial charge >= 0.3 is 5.97 Å². The summed E-state index contributed by atoms with van der Waals surface area (Å²) in [6.45, 7) is 1.56. The van der Waals surface area contributed by atoms with Gasteiger partial charge in [0.25, 0.3) is 11.2 Å². The van der Waals surface area contributed by atoms with Crippen molar-refractivity contribution in [3.05, 3.63) is 80.4 Å². The van der Waals surface area contributed by atoms with Crippen molar-refractivity contribution in [2.45, 2.75) is 13.0 Å². The van der Waals surface area contributed by atoms with E-state index in [1.807, 2.05) is 0 Å². The molecule has 0 spiro atoms. The standard InChI is InChI=1S/C17H13N3O5/c1-10(15-18-14-8-3-2-7-13(14)16(21)19-15)25-17(22)11-5-4-6-12(9-11)20(23)24/h2-10H,1H3,(H,18,19,21)/t10-/m1/s1. The van der Waals surface area contributed by atoms with Gasteiger partial charge in [0, 0.05) is 12.1 Å². The molecule has 0 aliphatic carbocycles. The second-order valence-electron chi connectivity index (χ2n) is 5.32. The second kappa shape index (κ2) is 6.52. The Balaban J connectivity index is 1.86. The van der Waals surface area contributed by atoms with Crippen molar-refractivity contribution in [1.82, 2.24) is 9.97 Å². The third-order valence-electron chi connectivity index (χ3n) is 3.59. The van der Waals surface area contributed by atoms with Crippen molar-refractivity contribution in [2.24, 2.45) is 0 Å². The van der Waals surface area contributed by atoms with Gasteiger partial charge in [0.15, 0.2) is 11.9 Å². The summed E-state index contributed by atoms with van der Waals surface area (Å²) in [5, 5.41) is 11.2. The molecule has 8 heteroatoms. The zero-order valence-corrected chi connectivity index (χ0v) is 13.1. The summed E-state index contributed by atoms with van der Waals surface area (Å²) in [7, 11) is 0. The summed E-state index contributed by atoms with van der Waals surface area (Å²) in [5.41, 5.74) is -0.0122. The number of carbonyl (C=O) groups excluding carboxylic acids is 1. The van der Waals surface area contributed by atoms with E-state index in [9.17, 15) is 19.7 Å². The number of para-hydroxylation sites is 1. The summed E-state index contributed by atoms with van der Waals surface area (Å²) in [4.78, 5) is 41.3. The lowest BCUT2D eigenvalue weighted by Crippen LogP contribution is -2.17. The van der Waals surface area contributed by atoms with Gasteiger partial charge in [-0.1, -0.05) is 18.2 Å². The molecule has 1 N–H and O–H groups in total. The average Bonchev–Trinajstić information content (AvgIpc) is 2.61. The van der Waals surface area contributed by atoms with Crippen LogP contribution in [0.3, 0.4) is 0 Å². The number of nitro benzene ring substituents is 1. The Morgan fingerprint density at radius 2 is 2.00 bits per heavy atom. The third kappa shape index (κ3) is 3.37. The van der Waals surface area contributed by atoms with Crippen LogP contribution in [0.1, 0.15) is 29.2 Å². The van der Waals surface area contributed by atoms with E-state index in [0.29, 0.717) is 10.9 Å². The maximum absolute atomic E-state index is 12.2. The van der Waals surface area contributed by atoms with Gasteiger partial charge in [-0.3, -0.25) is 14.9 Å². The summed E-state index contributed by atoms with van der Waals surface area (Å²) >= 11 is 0. The predicted molar refractivity (Wildman–Crippen MR) is 89.3 cm³/mol. The molecule has 0 bridgehead atoms. The lowest BCUT2D eigenvalue weighted by molar-refractivity contribution is -0.384. The summed E-state index contributed by atoms with van der Waals surface area (Å²) < 4.78 is 5.27. The van der Waals surface area contributed by atoms with E-state index >= 15 is 0 Å². The van der Waals surface area contributed by atoms with Crippen molar-refractivity contribution in [2.75, 3.05) is 0 Å². The Morgan fingerprint density at radius 1 is 1.24 bits per heavy atom. The van der Waals surface area contributed by atoms with Crippen LogP contribution in [0.5, 0.6) is 0 Å². The van der Waals surface area contributed by atoms with Crippen LogP contribution >= 0.6 is 0 Å². The maximum atomic E-state index is 12.2. The zero-order valence-electron chi connectivity index (χ0n) is 13.1. The molecule has 1 atom stereocenters. The molecule has 0 saturated heterocycles. The number of nitro groups is 1. The van der Waals surface area contributed by atoms with E-state index in [0.717, 1.165) is 6.07 Å². The van der Waals surface area contributed by atoms with E-state index in [2.05, 4.69) is 9.97 Å². The molecule has 25 heavy (non-hydrogen) atoms. The van der Waals surface area contributed by atoms with Gasteiger partial charge in [-0.05, 0) is 25.1 Å². The van der Waals surface area contributed by atoms with Gasteiger partial charge in [-0.2, -0.15) is 0 Å². The molecule has 0 fully saturated rings. The van der Waals surface area contributed by atoms with Crippen molar-refractivity contribution in [3.8, 4) is 0 Å². The highest BCUT2D eigenvalue weighted by atomic mass is 16.6. The Morgan fingerprint density at radius 3 is 2.76 bits per heavy atom. The van der Waals surface area contributed by atoms with E-state index < -0.39 is 17.0 Å². The summed E-state index contributed by atoms with van der Waals surface area (Å²) in [6.07, 6.45) is -0.830. The smallest absolute Gasteiger partial charge is 0.339 e. The second-order valence-corrected chi connectivity index (χ2v) is 5.32. The van der Waals surface area contributed by atoms with Crippen molar-refractivity contribution in [1.29, 1.82) is 0 Å². The Hall–Kier alpha value is -3.55. The Kier molecular flexibility index (Phi) is 4.25. The molecule has 3 rings (SSSR count). The normalized spacial score (nSPS) is 11.9. The number of ether oxygens (including phenoxy) is 1. The molecule has 1 aromatic heterocycles. The molecule has 126 valence electrons. The minimum absolute atomic E-state index is 0.0455. The number of esters is 1. The van der Waals surface area contributed by atoms with Gasteiger partial charge in [-0.25, -0.2) is 9.78 Å². The molecule has 8 nitrogen and oxygen atoms in total. The molecule has 0 aliphatic heterocycles. The highest BCUT2D eigenvalue weighted by Crippen LogP contribution is 2.19. The number of nitrogens with zero attached hydrogens (tertiary/aromatic N) is 2. The molecule has 1 heterocycles. The summed E-state index contributed by atoms with van der Waals surface area (Å²) in [5.74, 6) is -0.547. The first-order valence-corrected chi connectivity index (χ1v) is 7.40. The summed E-state index contributed by atoms with van der Waals surface area (Å²) in [6, 6.07) is 12.0. The first-order chi connectivity index (χ1) is 12.0. The number of fused-ring (bicyclic) bond motifs is 1. The fourth-order valence-electron chi connectivity index (χ4n) is 2.33. The Labute approximate surface area is 141 Å². The van der Waals surface area contributed by atoms with Crippen LogP contribution < -0.4 is 5.56 Å². The number of rotatable bonds is 4. The van der Waals surface area contributed by atoms with Crippen LogP contribution in [-0.4, -0.2) is 20.9 Å².